The highest BCUT2D eigenvalue weighted by Crippen LogP contribution is 2.39. The van der Waals surface area contributed by atoms with Crippen molar-refractivity contribution in [3.63, 3.8) is 0 Å². The largest absolute Gasteiger partial charge is 0.310 e. The summed E-state index contributed by atoms with van der Waals surface area (Å²) in [4.78, 5) is 9.34. The topological polar surface area (TPSA) is 30.7 Å². The number of rotatable bonds is 6. The molecule has 0 radical (unpaired) electrons. The van der Waals surface area contributed by atoms with Crippen LogP contribution in [0.25, 0.3) is 11.2 Å². The van der Waals surface area contributed by atoms with Crippen LogP contribution in [0.15, 0.2) is 16.7 Å². The summed E-state index contributed by atoms with van der Waals surface area (Å²) in [6.45, 7) is 2.25. The van der Waals surface area contributed by atoms with E-state index in [1.165, 1.54) is 19.3 Å². The number of hydrogen-bond acceptors (Lipinski definition) is 2. The third-order valence-electron chi connectivity index (χ3n) is 4.03. The van der Waals surface area contributed by atoms with Gasteiger partial charge < -0.3 is 4.57 Å². The van der Waals surface area contributed by atoms with Crippen LogP contribution in [0.1, 0.15) is 44.5 Å². The first-order valence-corrected chi connectivity index (χ1v) is 8.64. The summed E-state index contributed by atoms with van der Waals surface area (Å²) >= 11 is 9.42. The van der Waals surface area contributed by atoms with E-state index in [1.807, 2.05) is 12.3 Å². The molecule has 1 aliphatic carbocycles. The highest BCUT2D eigenvalue weighted by atomic mass is 79.9. The molecule has 0 spiro atoms. The molecule has 1 atom stereocenters. The van der Waals surface area contributed by atoms with Crippen molar-refractivity contribution < 1.29 is 0 Å². The predicted molar refractivity (Wildman–Crippen MR) is 86.3 cm³/mol. The summed E-state index contributed by atoms with van der Waals surface area (Å²) < 4.78 is 3.31. The molecule has 0 aromatic carbocycles. The third-order valence-corrected chi connectivity index (χ3v) is 4.65. The molecule has 0 N–H and O–H groups in total. The number of halogens is 2. The molecule has 2 aromatic rings. The smallest absolute Gasteiger partial charge is 0.160 e. The maximum absolute atomic E-state index is 5.95. The van der Waals surface area contributed by atoms with Crippen LogP contribution >= 0.6 is 27.5 Å². The van der Waals surface area contributed by atoms with Gasteiger partial charge in [-0.25, -0.2) is 9.97 Å². The molecular formula is C15H19BrClN3. The fourth-order valence-corrected chi connectivity index (χ4v) is 3.33. The first kappa shape index (κ1) is 14.3. The first-order chi connectivity index (χ1) is 9.72. The van der Waals surface area contributed by atoms with Crippen molar-refractivity contribution in [1.29, 1.82) is 0 Å². The van der Waals surface area contributed by atoms with Gasteiger partial charge in [0.2, 0.25) is 0 Å². The van der Waals surface area contributed by atoms with Gasteiger partial charge in [-0.05, 0) is 40.8 Å². The van der Waals surface area contributed by atoms with Gasteiger partial charge in [0.05, 0.1) is 0 Å². The third kappa shape index (κ3) is 2.86. The lowest BCUT2D eigenvalue weighted by Crippen LogP contribution is -2.13. The molecule has 108 valence electrons. The Kier molecular flexibility index (Phi) is 4.32. The monoisotopic (exact) mass is 355 g/mol. The summed E-state index contributed by atoms with van der Waals surface area (Å²) in [5.74, 6) is 2.58. The fourth-order valence-electron chi connectivity index (χ4n) is 2.84. The Morgan fingerprint density at radius 3 is 2.95 bits per heavy atom. The molecular weight excluding hydrogens is 338 g/mol. The van der Waals surface area contributed by atoms with Crippen LogP contribution in [0, 0.1) is 5.92 Å². The lowest BCUT2D eigenvalue weighted by molar-refractivity contribution is 0.425. The summed E-state index contributed by atoms with van der Waals surface area (Å²) in [6, 6.07) is 2.54. The second-order valence-corrected chi connectivity index (χ2v) is 6.87. The Morgan fingerprint density at radius 1 is 1.50 bits per heavy atom. The van der Waals surface area contributed by atoms with Crippen molar-refractivity contribution in [3.8, 4) is 0 Å². The summed E-state index contributed by atoms with van der Waals surface area (Å²) in [5, 5.41) is 0. The highest BCUT2D eigenvalue weighted by molar-refractivity contribution is 9.10. The standard InChI is InChI=1S/C15H19BrClN3/c1-2-12(7-10-3-4-10)20-14(5-6-17)19-13-8-11(16)9-18-15(13)20/h8-10,12H,2-7H2,1H3. The lowest BCUT2D eigenvalue weighted by Gasteiger charge is -2.19. The molecule has 3 nitrogen and oxygen atoms in total. The van der Waals surface area contributed by atoms with E-state index in [4.69, 9.17) is 16.6 Å². The number of pyridine rings is 1. The van der Waals surface area contributed by atoms with Crippen LogP contribution in [0.2, 0.25) is 0 Å². The summed E-state index contributed by atoms with van der Waals surface area (Å²) in [7, 11) is 0. The molecule has 0 aliphatic heterocycles. The number of nitrogens with zero attached hydrogens (tertiary/aromatic N) is 3. The number of aromatic nitrogens is 3. The van der Waals surface area contributed by atoms with Gasteiger partial charge in [0, 0.05) is 29.0 Å². The Labute approximate surface area is 132 Å². The fraction of sp³-hybridized carbons (Fsp3) is 0.600. The second-order valence-electron chi connectivity index (χ2n) is 5.57. The van der Waals surface area contributed by atoms with Crippen LogP contribution in [0.5, 0.6) is 0 Å². The van der Waals surface area contributed by atoms with Gasteiger partial charge in [0.25, 0.3) is 0 Å². The zero-order chi connectivity index (χ0) is 14.1. The van der Waals surface area contributed by atoms with E-state index < -0.39 is 0 Å². The number of alkyl halides is 1. The van der Waals surface area contributed by atoms with Crippen molar-refractivity contribution in [2.45, 2.75) is 45.1 Å². The van der Waals surface area contributed by atoms with Crippen LogP contribution in [-0.2, 0) is 6.42 Å². The predicted octanol–water partition coefficient (Wildman–Crippen LogP) is 4.73. The van der Waals surface area contributed by atoms with Crippen LogP contribution in [0.3, 0.4) is 0 Å². The molecule has 0 bridgehead atoms. The maximum atomic E-state index is 5.95. The molecule has 3 rings (SSSR count). The SMILES string of the molecule is CCC(CC1CC1)n1c(CCCl)nc2cc(Br)cnc21. The van der Waals surface area contributed by atoms with E-state index in [1.54, 1.807) is 0 Å². The highest BCUT2D eigenvalue weighted by Gasteiger charge is 2.27. The van der Waals surface area contributed by atoms with Crippen LogP contribution in [0.4, 0.5) is 0 Å². The minimum atomic E-state index is 0.499. The Hall–Kier alpha value is -0.610. The molecule has 1 fully saturated rings. The Morgan fingerprint density at radius 2 is 2.30 bits per heavy atom. The van der Waals surface area contributed by atoms with E-state index in [-0.39, 0.29) is 0 Å². The van der Waals surface area contributed by atoms with E-state index >= 15 is 0 Å². The van der Waals surface area contributed by atoms with Gasteiger partial charge in [-0.15, -0.1) is 11.6 Å². The Bertz CT molecular complexity index is 606. The Balaban J connectivity index is 2.06. The van der Waals surface area contributed by atoms with Gasteiger partial charge in [0.1, 0.15) is 11.3 Å². The zero-order valence-electron chi connectivity index (χ0n) is 11.6. The number of imidazole rings is 1. The van der Waals surface area contributed by atoms with Gasteiger partial charge in [-0.2, -0.15) is 0 Å². The molecule has 20 heavy (non-hydrogen) atoms. The normalized spacial score (nSPS) is 16.8. The first-order valence-electron chi connectivity index (χ1n) is 7.31. The van der Waals surface area contributed by atoms with E-state index in [0.29, 0.717) is 11.9 Å². The van der Waals surface area contributed by atoms with Crippen LogP contribution in [-0.4, -0.2) is 20.4 Å². The minimum absolute atomic E-state index is 0.499. The number of aryl methyl sites for hydroxylation is 1. The van der Waals surface area contributed by atoms with E-state index in [0.717, 1.165) is 40.2 Å². The molecule has 1 saturated carbocycles. The van der Waals surface area contributed by atoms with Gasteiger partial charge in [0.15, 0.2) is 5.65 Å². The lowest BCUT2D eigenvalue weighted by atomic mass is 10.1. The van der Waals surface area contributed by atoms with Crippen molar-refractivity contribution >= 4 is 38.7 Å². The van der Waals surface area contributed by atoms with Crippen molar-refractivity contribution in [1.82, 2.24) is 14.5 Å². The summed E-state index contributed by atoms with van der Waals surface area (Å²) in [5.41, 5.74) is 1.97. The average molecular weight is 357 g/mol. The molecule has 1 aliphatic rings. The van der Waals surface area contributed by atoms with Crippen LogP contribution < -0.4 is 0 Å². The minimum Gasteiger partial charge on any atom is -0.310 e. The molecule has 0 amide bonds. The van der Waals surface area contributed by atoms with Gasteiger partial charge in [-0.3, -0.25) is 0 Å². The number of fused-ring (bicyclic) bond motifs is 1. The molecule has 5 heteroatoms. The van der Waals surface area contributed by atoms with Crippen molar-refractivity contribution in [2.24, 2.45) is 5.92 Å². The van der Waals surface area contributed by atoms with Crippen molar-refractivity contribution in [3.05, 3.63) is 22.6 Å². The molecule has 2 aromatic heterocycles. The molecule has 2 heterocycles. The zero-order valence-corrected chi connectivity index (χ0v) is 14.0. The van der Waals surface area contributed by atoms with Gasteiger partial charge >= 0.3 is 0 Å². The van der Waals surface area contributed by atoms with E-state index in [2.05, 4.69) is 32.4 Å². The van der Waals surface area contributed by atoms with Crippen molar-refractivity contribution in [2.75, 3.05) is 5.88 Å². The number of hydrogen-bond donors (Lipinski definition) is 0. The maximum Gasteiger partial charge on any atom is 0.160 e. The molecule has 1 unspecified atom stereocenters. The molecule has 0 saturated heterocycles. The quantitative estimate of drug-likeness (QED) is 0.701. The van der Waals surface area contributed by atoms with E-state index in [9.17, 15) is 0 Å². The second kappa shape index (κ2) is 6.02. The van der Waals surface area contributed by atoms with Gasteiger partial charge in [-0.1, -0.05) is 19.8 Å². The summed E-state index contributed by atoms with van der Waals surface area (Å²) in [6.07, 6.45) is 7.79. The average Bonchev–Trinajstić information content (AvgIpc) is 3.18.